The maximum absolute atomic E-state index is 13.3. The molecule has 0 N–H and O–H groups in total. The summed E-state index contributed by atoms with van der Waals surface area (Å²) in [5.74, 6) is -3.36. The molecule has 0 saturated heterocycles. The van der Waals surface area contributed by atoms with Crippen LogP contribution in [0.2, 0.25) is 5.02 Å². The van der Waals surface area contributed by atoms with Crippen LogP contribution in [0.4, 0.5) is 24.0 Å². The number of alkyl halides is 2. The van der Waals surface area contributed by atoms with E-state index in [1.165, 1.54) is 40.5 Å². The van der Waals surface area contributed by atoms with E-state index in [0.29, 0.717) is 27.5 Å². The van der Waals surface area contributed by atoms with Crippen LogP contribution in [0, 0.1) is 5.82 Å². The van der Waals surface area contributed by atoms with E-state index >= 15 is 0 Å². The second-order valence-electron chi connectivity index (χ2n) is 6.43. The number of aromatic nitrogens is 1. The third-order valence-electron chi connectivity index (χ3n) is 4.29. The quantitative estimate of drug-likeness (QED) is 0.256. The lowest BCUT2D eigenvalue weighted by Crippen LogP contribution is -2.30. The fraction of sp³-hybridized carbons (Fsp3) is 0.0909. The molecule has 0 fully saturated rings. The van der Waals surface area contributed by atoms with Gasteiger partial charge in [0.25, 0.3) is 11.7 Å². The number of halogens is 4. The van der Waals surface area contributed by atoms with Gasteiger partial charge in [0, 0.05) is 4.90 Å². The number of carbonyl (C=O) groups is 1. The Labute approximate surface area is 194 Å². The molecule has 10 heteroatoms. The summed E-state index contributed by atoms with van der Waals surface area (Å²) in [5.41, 5.74) is 1.17. The first-order chi connectivity index (χ1) is 15.4. The van der Waals surface area contributed by atoms with E-state index in [0.717, 1.165) is 16.3 Å². The van der Waals surface area contributed by atoms with Crippen LogP contribution < -0.4 is 9.64 Å². The van der Waals surface area contributed by atoms with E-state index in [-0.39, 0.29) is 10.8 Å². The fourth-order valence-electron chi connectivity index (χ4n) is 2.89. The zero-order valence-corrected chi connectivity index (χ0v) is 18.6. The Morgan fingerprint density at radius 3 is 2.56 bits per heavy atom. The molecule has 0 bridgehead atoms. The largest absolute Gasteiger partial charge is 0.482 e. The number of fused-ring (bicyclic) bond motifs is 1. The highest BCUT2D eigenvalue weighted by Gasteiger charge is 2.23. The molecule has 164 valence electrons. The van der Waals surface area contributed by atoms with Gasteiger partial charge in [-0.05, 0) is 54.6 Å². The van der Waals surface area contributed by atoms with Gasteiger partial charge in [0.05, 0.1) is 20.9 Å². The number of amides is 1. The lowest BCUT2D eigenvalue weighted by Gasteiger charge is -2.20. The molecule has 0 saturated carbocycles. The van der Waals surface area contributed by atoms with E-state index in [9.17, 15) is 18.0 Å². The van der Waals surface area contributed by atoms with Crippen molar-refractivity contribution in [1.82, 2.24) is 4.98 Å². The van der Waals surface area contributed by atoms with Crippen molar-refractivity contribution in [2.45, 2.75) is 10.7 Å². The molecule has 1 heterocycles. The Morgan fingerprint density at radius 2 is 1.88 bits per heavy atom. The van der Waals surface area contributed by atoms with Crippen molar-refractivity contribution in [3.63, 3.8) is 0 Å². The third-order valence-corrected chi connectivity index (χ3v) is 6.33. The summed E-state index contributed by atoms with van der Waals surface area (Å²) in [6.45, 7) is -0.394. The summed E-state index contributed by atoms with van der Waals surface area (Å²) in [5, 5.41) is 0.442. The highest BCUT2D eigenvalue weighted by molar-refractivity contribution is 7.99. The second kappa shape index (κ2) is 9.81. The molecule has 0 aliphatic carbocycles. The van der Waals surface area contributed by atoms with E-state index in [1.807, 2.05) is 24.3 Å². The molecule has 4 nitrogen and oxygen atoms in total. The summed E-state index contributed by atoms with van der Waals surface area (Å²) in [6, 6.07) is 17.2. The van der Waals surface area contributed by atoms with Gasteiger partial charge in [-0.25, -0.2) is 9.37 Å². The number of ether oxygens (including phenoxy) is 1. The smallest absolute Gasteiger partial charge is 0.288 e. The van der Waals surface area contributed by atoms with Gasteiger partial charge >= 0.3 is 0 Å². The first kappa shape index (κ1) is 22.4. The standard InChI is InChI=1S/C22H14ClF3N2O2S2/c23-16-11-13(24)5-10-18(16)30-12-20(29)28(14-6-8-15(9-7-14)31-21(25)26)22-27-17-3-1-2-4-19(17)32-22/h1-11,21H,12H2. The van der Waals surface area contributed by atoms with Crippen LogP contribution in [0.5, 0.6) is 5.75 Å². The number of hydrogen-bond acceptors (Lipinski definition) is 5. The summed E-state index contributed by atoms with van der Waals surface area (Å²) in [4.78, 5) is 19.4. The van der Waals surface area contributed by atoms with Crippen molar-refractivity contribution in [3.05, 3.63) is 77.6 Å². The topological polar surface area (TPSA) is 42.4 Å². The van der Waals surface area contributed by atoms with Gasteiger partial charge in [-0.3, -0.25) is 9.69 Å². The number of anilines is 2. The molecule has 0 spiro atoms. The highest BCUT2D eigenvalue weighted by atomic mass is 35.5. The first-order valence-corrected chi connectivity index (χ1v) is 11.3. The van der Waals surface area contributed by atoms with Gasteiger partial charge in [-0.1, -0.05) is 46.8 Å². The maximum atomic E-state index is 13.3. The molecule has 32 heavy (non-hydrogen) atoms. The summed E-state index contributed by atoms with van der Waals surface area (Å²) in [7, 11) is 0. The average molecular weight is 495 g/mol. The van der Waals surface area contributed by atoms with Crippen molar-refractivity contribution in [3.8, 4) is 5.75 Å². The number of rotatable bonds is 7. The Kier molecular flexibility index (Phi) is 6.88. The molecular formula is C22H14ClF3N2O2S2. The Hall–Kier alpha value is -2.75. The highest BCUT2D eigenvalue weighted by Crippen LogP contribution is 2.35. The van der Waals surface area contributed by atoms with Gasteiger partial charge in [0.15, 0.2) is 11.7 Å². The molecule has 0 aliphatic rings. The molecule has 0 aliphatic heterocycles. The maximum Gasteiger partial charge on any atom is 0.288 e. The van der Waals surface area contributed by atoms with Crippen molar-refractivity contribution < 1.29 is 22.7 Å². The zero-order chi connectivity index (χ0) is 22.7. The average Bonchev–Trinajstić information content (AvgIpc) is 3.17. The Balaban J connectivity index is 1.64. The van der Waals surface area contributed by atoms with Gasteiger partial charge in [0.2, 0.25) is 0 Å². The van der Waals surface area contributed by atoms with Crippen LogP contribution in [-0.4, -0.2) is 23.3 Å². The van der Waals surface area contributed by atoms with Crippen LogP contribution in [-0.2, 0) is 4.79 Å². The monoisotopic (exact) mass is 494 g/mol. The molecule has 0 atom stereocenters. The van der Waals surface area contributed by atoms with E-state index in [1.54, 1.807) is 12.1 Å². The van der Waals surface area contributed by atoms with Crippen LogP contribution in [0.3, 0.4) is 0 Å². The predicted molar refractivity (Wildman–Crippen MR) is 122 cm³/mol. The van der Waals surface area contributed by atoms with E-state index < -0.39 is 24.1 Å². The van der Waals surface area contributed by atoms with Gasteiger partial charge < -0.3 is 4.74 Å². The van der Waals surface area contributed by atoms with Gasteiger partial charge in [-0.15, -0.1) is 0 Å². The van der Waals surface area contributed by atoms with Gasteiger partial charge in [-0.2, -0.15) is 8.78 Å². The second-order valence-corrected chi connectivity index (χ2v) is 8.91. The molecule has 4 aromatic rings. The number of para-hydroxylation sites is 1. The van der Waals surface area contributed by atoms with Crippen molar-refractivity contribution >= 4 is 61.6 Å². The van der Waals surface area contributed by atoms with E-state index in [2.05, 4.69) is 4.98 Å². The minimum Gasteiger partial charge on any atom is -0.482 e. The normalized spacial score (nSPS) is 11.2. The molecule has 0 radical (unpaired) electrons. The molecular weight excluding hydrogens is 481 g/mol. The lowest BCUT2D eigenvalue weighted by atomic mass is 10.3. The third kappa shape index (κ3) is 5.17. The summed E-state index contributed by atoms with van der Waals surface area (Å²) >= 11 is 7.70. The molecule has 3 aromatic carbocycles. The van der Waals surface area contributed by atoms with Crippen LogP contribution in [0.1, 0.15) is 0 Å². The zero-order valence-electron chi connectivity index (χ0n) is 16.2. The number of carbonyl (C=O) groups excluding carboxylic acids is 1. The Morgan fingerprint density at radius 1 is 1.12 bits per heavy atom. The van der Waals surface area contributed by atoms with E-state index in [4.69, 9.17) is 16.3 Å². The van der Waals surface area contributed by atoms with Crippen molar-refractivity contribution in [2.24, 2.45) is 0 Å². The minimum absolute atomic E-state index is 0.0395. The predicted octanol–water partition coefficient (Wildman–Crippen LogP) is 7.15. The molecule has 1 amide bonds. The first-order valence-electron chi connectivity index (χ1n) is 9.22. The molecule has 0 unspecified atom stereocenters. The molecule has 4 rings (SSSR count). The minimum atomic E-state index is -2.54. The number of hydrogen-bond donors (Lipinski definition) is 0. The van der Waals surface area contributed by atoms with Crippen molar-refractivity contribution in [1.29, 1.82) is 0 Å². The number of benzene rings is 3. The van der Waals surface area contributed by atoms with Crippen LogP contribution in [0.25, 0.3) is 10.2 Å². The number of nitrogens with zero attached hydrogens (tertiary/aromatic N) is 2. The summed E-state index contributed by atoms with van der Waals surface area (Å²) in [6.07, 6.45) is 0. The summed E-state index contributed by atoms with van der Waals surface area (Å²) < 4.78 is 45.0. The number of thioether (sulfide) groups is 1. The SMILES string of the molecule is O=C(COc1ccc(F)cc1Cl)N(c1ccc(SC(F)F)cc1)c1nc2ccccc2s1. The van der Waals surface area contributed by atoms with Crippen LogP contribution in [0.15, 0.2) is 71.6 Å². The fourth-order valence-corrected chi connectivity index (χ4v) is 4.61. The number of thiazole rings is 1. The van der Waals surface area contributed by atoms with Crippen molar-refractivity contribution in [2.75, 3.05) is 11.5 Å². The Bertz CT molecular complexity index is 1220. The van der Waals surface area contributed by atoms with Gasteiger partial charge in [0.1, 0.15) is 11.6 Å². The molecule has 1 aromatic heterocycles. The van der Waals surface area contributed by atoms with Crippen LogP contribution >= 0.6 is 34.7 Å². The lowest BCUT2D eigenvalue weighted by molar-refractivity contribution is -0.119.